The van der Waals surface area contributed by atoms with Gasteiger partial charge in [0.2, 0.25) is 0 Å². The van der Waals surface area contributed by atoms with Crippen molar-refractivity contribution in [2.45, 2.75) is 0 Å². The molecule has 0 bridgehead atoms. The first-order valence-electron chi connectivity index (χ1n) is 18.7. The number of aromatic nitrogens is 3. The molecule has 0 spiro atoms. The largest absolute Gasteiger partial charge is 0.455 e. The predicted molar refractivity (Wildman–Crippen MR) is 233 cm³/mol. The molecule has 8 aromatic carbocycles. The lowest BCUT2D eigenvalue weighted by atomic mass is 9.94. The summed E-state index contributed by atoms with van der Waals surface area (Å²) in [6.07, 6.45) is 0. The van der Waals surface area contributed by atoms with E-state index in [2.05, 4.69) is 146 Å². The van der Waals surface area contributed by atoms with E-state index < -0.39 is 0 Å². The zero-order valence-corrected chi connectivity index (χ0v) is 30.9. The maximum absolute atomic E-state index is 6.63. The van der Waals surface area contributed by atoms with Crippen LogP contribution in [0.2, 0.25) is 0 Å². The van der Waals surface area contributed by atoms with E-state index in [0.29, 0.717) is 17.5 Å². The Morgan fingerprint density at radius 2 is 0.857 bits per heavy atom. The van der Waals surface area contributed by atoms with Crippen LogP contribution in [0.5, 0.6) is 0 Å². The van der Waals surface area contributed by atoms with Crippen molar-refractivity contribution in [2.75, 3.05) is 0 Å². The van der Waals surface area contributed by atoms with Crippen molar-refractivity contribution in [3.8, 4) is 67.5 Å². The summed E-state index contributed by atoms with van der Waals surface area (Å²) in [5.41, 5.74) is 11.5. The molecule has 3 aromatic heterocycles. The van der Waals surface area contributed by atoms with Gasteiger partial charge >= 0.3 is 0 Å². The Labute approximate surface area is 327 Å². The molecule has 0 aliphatic rings. The summed E-state index contributed by atoms with van der Waals surface area (Å²) in [6, 6.07) is 65.6. The highest BCUT2D eigenvalue weighted by Crippen LogP contribution is 2.44. The molecule has 0 saturated carbocycles. The number of hydrogen-bond donors (Lipinski definition) is 0. The molecule has 0 saturated heterocycles. The fourth-order valence-electron chi connectivity index (χ4n) is 7.82. The van der Waals surface area contributed by atoms with Gasteiger partial charge in [0.25, 0.3) is 0 Å². The molecule has 3 heterocycles. The van der Waals surface area contributed by atoms with Crippen LogP contribution in [0, 0.1) is 0 Å². The summed E-state index contributed by atoms with van der Waals surface area (Å²) in [6.45, 7) is 0. The summed E-state index contributed by atoms with van der Waals surface area (Å²) >= 11 is 1.79. The molecule has 11 aromatic rings. The third-order valence-corrected chi connectivity index (χ3v) is 11.7. The van der Waals surface area contributed by atoms with Crippen LogP contribution in [0.4, 0.5) is 0 Å². The van der Waals surface area contributed by atoms with E-state index in [4.69, 9.17) is 19.4 Å². The molecule has 56 heavy (non-hydrogen) atoms. The fourth-order valence-corrected chi connectivity index (χ4v) is 9.00. The van der Waals surface area contributed by atoms with E-state index in [1.165, 1.54) is 31.3 Å². The smallest absolute Gasteiger partial charge is 0.164 e. The van der Waals surface area contributed by atoms with Gasteiger partial charge in [-0.2, -0.15) is 0 Å². The lowest BCUT2D eigenvalue weighted by molar-refractivity contribution is 0.670. The van der Waals surface area contributed by atoms with Gasteiger partial charge in [-0.1, -0.05) is 158 Å². The maximum Gasteiger partial charge on any atom is 0.164 e. The van der Waals surface area contributed by atoms with E-state index in [9.17, 15) is 0 Å². The van der Waals surface area contributed by atoms with E-state index in [0.717, 1.165) is 60.9 Å². The zero-order chi connectivity index (χ0) is 37.0. The van der Waals surface area contributed by atoms with Gasteiger partial charge in [-0.15, -0.1) is 11.3 Å². The summed E-state index contributed by atoms with van der Waals surface area (Å²) < 4.78 is 9.02. The van der Waals surface area contributed by atoms with Crippen molar-refractivity contribution in [2.24, 2.45) is 0 Å². The Morgan fingerprint density at radius 1 is 0.339 bits per heavy atom. The number of rotatable bonds is 6. The number of fused-ring (bicyclic) bond motifs is 6. The van der Waals surface area contributed by atoms with Gasteiger partial charge in [0, 0.05) is 53.2 Å². The van der Waals surface area contributed by atoms with Crippen molar-refractivity contribution in [3.05, 3.63) is 188 Å². The number of furan rings is 1. The van der Waals surface area contributed by atoms with E-state index >= 15 is 0 Å². The second-order valence-corrected chi connectivity index (χ2v) is 15.1. The van der Waals surface area contributed by atoms with Crippen molar-refractivity contribution < 1.29 is 4.42 Å². The summed E-state index contributed by atoms with van der Waals surface area (Å²) in [7, 11) is 0. The van der Waals surface area contributed by atoms with E-state index in [-0.39, 0.29) is 0 Å². The van der Waals surface area contributed by atoms with Crippen molar-refractivity contribution in [1.29, 1.82) is 0 Å². The Balaban J connectivity index is 1.02. The molecule has 0 aliphatic carbocycles. The van der Waals surface area contributed by atoms with Gasteiger partial charge in [-0.05, 0) is 58.1 Å². The maximum atomic E-state index is 6.63. The van der Waals surface area contributed by atoms with Crippen LogP contribution < -0.4 is 0 Å². The first-order valence-corrected chi connectivity index (χ1v) is 19.5. The standard InChI is InChI=1S/C51H31N3OS/c1-4-13-32(14-5-1)35-19-12-20-37(29-35)50-52-49(34-17-8-3-9-18-34)53-51(54-50)38-24-26-42-41-25-23-36(30-45(41)56-46(42)31-38)40-28-27-39(33-15-6-2-7-16-33)47-43-21-10-11-22-44(43)55-48(40)47/h1-31H. The van der Waals surface area contributed by atoms with Gasteiger partial charge in [0.1, 0.15) is 11.2 Å². The van der Waals surface area contributed by atoms with Crippen LogP contribution in [-0.4, -0.2) is 15.0 Å². The van der Waals surface area contributed by atoms with E-state index in [1.54, 1.807) is 11.3 Å². The molecule has 0 N–H and O–H groups in total. The van der Waals surface area contributed by atoms with Gasteiger partial charge in [-0.25, -0.2) is 15.0 Å². The predicted octanol–water partition coefficient (Wildman–Crippen LogP) is 14.1. The third kappa shape index (κ3) is 5.56. The highest BCUT2D eigenvalue weighted by atomic mass is 32.1. The molecule has 0 aliphatic heterocycles. The average Bonchev–Trinajstić information content (AvgIpc) is 3.85. The lowest BCUT2D eigenvalue weighted by Crippen LogP contribution is -2.00. The molecular formula is C51H31N3OS. The van der Waals surface area contributed by atoms with Crippen LogP contribution in [0.25, 0.3) is 110 Å². The van der Waals surface area contributed by atoms with Gasteiger partial charge in [-0.3, -0.25) is 0 Å². The molecule has 0 radical (unpaired) electrons. The molecule has 0 atom stereocenters. The summed E-state index contributed by atoms with van der Waals surface area (Å²) in [5.74, 6) is 1.93. The number of nitrogens with zero attached hydrogens (tertiary/aromatic N) is 3. The van der Waals surface area contributed by atoms with Crippen molar-refractivity contribution >= 4 is 53.4 Å². The van der Waals surface area contributed by atoms with Crippen LogP contribution in [0.3, 0.4) is 0 Å². The number of thiophene rings is 1. The topological polar surface area (TPSA) is 51.8 Å². The van der Waals surface area contributed by atoms with Gasteiger partial charge in [0.05, 0.1) is 0 Å². The molecule has 4 nitrogen and oxygen atoms in total. The zero-order valence-electron chi connectivity index (χ0n) is 30.1. The van der Waals surface area contributed by atoms with Crippen molar-refractivity contribution in [3.63, 3.8) is 0 Å². The van der Waals surface area contributed by atoms with E-state index in [1.807, 2.05) is 42.5 Å². The third-order valence-electron chi connectivity index (χ3n) is 10.5. The highest BCUT2D eigenvalue weighted by Gasteiger charge is 2.19. The minimum absolute atomic E-state index is 0.642. The van der Waals surface area contributed by atoms with Gasteiger partial charge < -0.3 is 4.42 Å². The second kappa shape index (κ2) is 13.3. The minimum atomic E-state index is 0.642. The number of para-hydroxylation sites is 1. The fraction of sp³-hybridized carbons (Fsp3) is 0. The summed E-state index contributed by atoms with van der Waals surface area (Å²) in [4.78, 5) is 15.1. The first kappa shape index (κ1) is 32.2. The summed E-state index contributed by atoms with van der Waals surface area (Å²) in [5, 5.41) is 4.70. The van der Waals surface area contributed by atoms with Crippen LogP contribution in [0.15, 0.2) is 192 Å². The Bertz CT molecular complexity index is 3240. The normalized spacial score (nSPS) is 11.6. The minimum Gasteiger partial charge on any atom is -0.455 e. The van der Waals surface area contributed by atoms with Crippen molar-refractivity contribution in [1.82, 2.24) is 15.0 Å². The first-order chi connectivity index (χ1) is 27.7. The molecular weight excluding hydrogens is 703 g/mol. The average molecular weight is 734 g/mol. The quantitative estimate of drug-likeness (QED) is 0.171. The molecule has 0 unspecified atom stereocenters. The second-order valence-electron chi connectivity index (χ2n) is 14.0. The lowest BCUT2D eigenvalue weighted by Gasteiger charge is -2.10. The van der Waals surface area contributed by atoms with Crippen LogP contribution in [0.1, 0.15) is 0 Å². The SMILES string of the molecule is c1ccc(-c2cccc(-c3nc(-c4ccccc4)nc(-c4ccc5c(c4)sc4cc(-c6ccc(-c7ccccc7)c7c6oc6ccccc67)ccc45)n3)c2)cc1. The Hall–Kier alpha value is -7.21. The Morgan fingerprint density at radius 3 is 1.57 bits per heavy atom. The highest BCUT2D eigenvalue weighted by molar-refractivity contribution is 7.25. The number of hydrogen-bond acceptors (Lipinski definition) is 5. The Kier molecular flexibility index (Phi) is 7.64. The number of benzene rings is 8. The van der Waals surface area contributed by atoms with Gasteiger partial charge in [0.15, 0.2) is 17.5 Å². The molecule has 0 fully saturated rings. The molecule has 11 rings (SSSR count). The van der Waals surface area contributed by atoms with Crippen LogP contribution in [-0.2, 0) is 0 Å². The van der Waals surface area contributed by atoms with Crippen LogP contribution >= 0.6 is 11.3 Å². The molecule has 5 heteroatoms. The molecule has 262 valence electrons. The molecule has 0 amide bonds. The monoisotopic (exact) mass is 733 g/mol.